The summed E-state index contributed by atoms with van der Waals surface area (Å²) in [6, 6.07) is 6.53. The Morgan fingerprint density at radius 1 is 0.818 bits per heavy atom. The van der Waals surface area contributed by atoms with Crippen molar-refractivity contribution in [2.75, 3.05) is 0 Å². The van der Waals surface area contributed by atoms with E-state index in [4.69, 9.17) is 0 Å². The van der Waals surface area contributed by atoms with Crippen LogP contribution in [0, 0.1) is 0 Å². The number of hydrogen-bond donors (Lipinski definition) is 0. The minimum atomic E-state index is -0.417. The Bertz CT molecular complexity index is 552. The van der Waals surface area contributed by atoms with Gasteiger partial charge in [-0.15, -0.1) is 0 Å². The van der Waals surface area contributed by atoms with Gasteiger partial charge in [-0.2, -0.15) is 0 Å². The van der Waals surface area contributed by atoms with E-state index in [0.29, 0.717) is 0 Å². The van der Waals surface area contributed by atoms with Crippen molar-refractivity contribution in [2.24, 2.45) is 0 Å². The predicted molar refractivity (Wildman–Crippen MR) is 86.9 cm³/mol. The smallest absolute Gasteiger partial charge is 0.314 e. The van der Waals surface area contributed by atoms with E-state index in [1.807, 2.05) is 0 Å². The van der Waals surface area contributed by atoms with Gasteiger partial charge in [-0.05, 0) is 27.5 Å². The van der Waals surface area contributed by atoms with Crippen LogP contribution in [-0.4, -0.2) is 11.9 Å². The van der Waals surface area contributed by atoms with Crippen LogP contribution in [0.5, 0.6) is 0 Å². The highest BCUT2D eigenvalue weighted by Gasteiger charge is 2.30. The molecule has 0 saturated carbocycles. The van der Waals surface area contributed by atoms with E-state index in [-0.39, 0.29) is 29.6 Å². The SMILES string of the molecule is CC(C)(C)c1cc(C2CC(=O)OC(=O)C2)cc(C(C)(C)C)c1. The molecule has 0 bridgehead atoms. The molecule has 1 aromatic rings. The molecule has 3 nitrogen and oxygen atoms in total. The predicted octanol–water partition coefficient (Wildman–Crippen LogP) is 4.23. The standard InChI is InChI=1S/C19H26O3/c1-18(2,3)14-7-12(8-15(11-14)19(4,5)6)13-9-16(20)22-17(21)10-13/h7-8,11,13H,9-10H2,1-6H3. The Morgan fingerprint density at radius 2 is 1.23 bits per heavy atom. The van der Waals surface area contributed by atoms with E-state index < -0.39 is 11.9 Å². The van der Waals surface area contributed by atoms with Crippen molar-refractivity contribution in [1.29, 1.82) is 0 Å². The highest BCUT2D eigenvalue weighted by atomic mass is 16.6. The molecule has 0 N–H and O–H groups in total. The lowest BCUT2D eigenvalue weighted by Crippen LogP contribution is -2.25. The molecule has 22 heavy (non-hydrogen) atoms. The Kier molecular flexibility index (Phi) is 4.20. The maximum absolute atomic E-state index is 11.6. The van der Waals surface area contributed by atoms with E-state index in [9.17, 15) is 9.59 Å². The molecular formula is C19H26O3. The summed E-state index contributed by atoms with van der Waals surface area (Å²) in [5.74, 6) is -0.906. The first kappa shape index (κ1) is 16.7. The average molecular weight is 302 g/mol. The third-order valence-corrected chi connectivity index (χ3v) is 4.21. The van der Waals surface area contributed by atoms with Crippen LogP contribution in [0.2, 0.25) is 0 Å². The molecule has 1 aliphatic rings. The van der Waals surface area contributed by atoms with Gasteiger partial charge >= 0.3 is 11.9 Å². The Hall–Kier alpha value is -1.64. The normalized spacial score (nSPS) is 17.5. The fourth-order valence-electron chi connectivity index (χ4n) is 2.67. The Morgan fingerprint density at radius 3 is 1.59 bits per heavy atom. The molecule has 0 aromatic heterocycles. The second-order valence-electron chi connectivity index (χ2n) is 8.29. The van der Waals surface area contributed by atoms with Crippen molar-refractivity contribution < 1.29 is 14.3 Å². The van der Waals surface area contributed by atoms with Gasteiger partial charge in [0.25, 0.3) is 0 Å². The molecule has 1 aliphatic heterocycles. The van der Waals surface area contributed by atoms with E-state index in [0.717, 1.165) is 5.56 Å². The molecule has 1 heterocycles. The van der Waals surface area contributed by atoms with Crippen LogP contribution < -0.4 is 0 Å². The van der Waals surface area contributed by atoms with E-state index in [2.05, 4.69) is 64.5 Å². The van der Waals surface area contributed by atoms with Crippen LogP contribution in [0.1, 0.15) is 77.0 Å². The zero-order valence-corrected chi connectivity index (χ0v) is 14.4. The number of hydrogen-bond acceptors (Lipinski definition) is 3. The van der Waals surface area contributed by atoms with Gasteiger partial charge < -0.3 is 4.74 Å². The van der Waals surface area contributed by atoms with Gasteiger partial charge in [0.2, 0.25) is 0 Å². The molecule has 1 fully saturated rings. The Balaban J connectivity index is 2.50. The van der Waals surface area contributed by atoms with Crippen LogP contribution in [0.3, 0.4) is 0 Å². The molecule has 0 spiro atoms. The topological polar surface area (TPSA) is 43.4 Å². The average Bonchev–Trinajstić information content (AvgIpc) is 2.35. The summed E-state index contributed by atoms with van der Waals surface area (Å²) in [5.41, 5.74) is 3.59. The summed E-state index contributed by atoms with van der Waals surface area (Å²) in [5, 5.41) is 0. The van der Waals surface area contributed by atoms with Crippen LogP contribution >= 0.6 is 0 Å². The summed E-state index contributed by atoms with van der Waals surface area (Å²) in [4.78, 5) is 23.2. The molecule has 1 saturated heterocycles. The summed E-state index contributed by atoms with van der Waals surface area (Å²) in [6.07, 6.45) is 0.561. The van der Waals surface area contributed by atoms with E-state index in [1.54, 1.807) is 0 Å². The number of benzene rings is 1. The third-order valence-electron chi connectivity index (χ3n) is 4.21. The fraction of sp³-hybridized carbons (Fsp3) is 0.579. The van der Waals surface area contributed by atoms with Gasteiger partial charge in [0.05, 0.1) is 12.8 Å². The molecule has 3 heteroatoms. The maximum Gasteiger partial charge on any atom is 0.314 e. The lowest BCUT2D eigenvalue weighted by Gasteiger charge is -2.28. The van der Waals surface area contributed by atoms with E-state index >= 15 is 0 Å². The fourth-order valence-corrected chi connectivity index (χ4v) is 2.67. The van der Waals surface area contributed by atoms with Crippen LogP contribution in [0.15, 0.2) is 18.2 Å². The van der Waals surface area contributed by atoms with E-state index in [1.165, 1.54) is 11.1 Å². The minimum Gasteiger partial charge on any atom is -0.393 e. The number of cyclic esters (lactones) is 2. The number of esters is 2. The number of ether oxygens (including phenoxy) is 1. The van der Waals surface area contributed by atoms with Crippen LogP contribution in [0.25, 0.3) is 0 Å². The van der Waals surface area contributed by atoms with Crippen molar-refractivity contribution in [3.05, 3.63) is 34.9 Å². The molecular weight excluding hydrogens is 276 g/mol. The highest BCUT2D eigenvalue weighted by molar-refractivity contribution is 5.89. The zero-order chi connectivity index (χ0) is 16.7. The summed E-state index contributed by atoms with van der Waals surface area (Å²) in [7, 11) is 0. The van der Waals surface area contributed by atoms with Crippen molar-refractivity contribution in [3.63, 3.8) is 0 Å². The van der Waals surface area contributed by atoms with Crippen molar-refractivity contribution in [2.45, 2.75) is 71.1 Å². The third kappa shape index (κ3) is 3.76. The molecule has 1 aromatic carbocycles. The first-order valence-corrected chi connectivity index (χ1v) is 7.86. The summed E-state index contributed by atoms with van der Waals surface area (Å²) < 4.78 is 4.66. The zero-order valence-electron chi connectivity index (χ0n) is 14.4. The van der Waals surface area contributed by atoms with Crippen molar-refractivity contribution >= 4 is 11.9 Å². The minimum absolute atomic E-state index is 0.0230. The molecule has 0 amide bonds. The molecule has 0 aliphatic carbocycles. The summed E-state index contributed by atoms with van der Waals surface area (Å²) in [6.45, 7) is 13.1. The van der Waals surface area contributed by atoms with Crippen LogP contribution in [-0.2, 0) is 25.2 Å². The molecule has 0 radical (unpaired) electrons. The molecule has 120 valence electrons. The number of carbonyl (C=O) groups excluding carboxylic acids is 2. The van der Waals surface area contributed by atoms with Gasteiger partial charge in [0.1, 0.15) is 0 Å². The lowest BCUT2D eigenvalue weighted by molar-refractivity contribution is -0.163. The second kappa shape index (κ2) is 5.53. The van der Waals surface area contributed by atoms with Gasteiger partial charge in [0.15, 0.2) is 0 Å². The van der Waals surface area contributed by atoms with Gasteiger partial charge in [0, 0.05) is 5.92 Å². The Labute approximate surface area is 133 Å². The largest absolute Gasteiger partial charge is 0.393 e. The van der Waals surface area contributed by atoms with Crippen molar-refractivity contribution in [3.8, 4) is 0 Å². The number of carbonyl (C=O) groups is 2. The van der Waals surface area contributed by atoms with Crippen LogP contribution in [0.4, 0.5) is 0 Å². The van der Waals surface area contributed by atoms with Crippen molar-refractivity contribution in [1.82, 2.24) is 0 Å². The van der Waals surface area contributed by atoms with Gasteiger partial charge in [-0.3, -0.25) is 9.59 Å². The molecule has 0 unspecified atom stereocenters. The van der Waals surface area contributed by atoms with Gasteiger partial charge in [-0.25, -0.2) is 0 Å². The highest BCUT2D eigenvalue weighted by Crippen LogP contribution is 2.35. The number of rotatable bonds is 1. The molecule has 0 atom stereocenters. The lowest BCUT2D eigenvalue weighted by atomic mass is 9.77. The quantitative estimate of drug-likeness (QED) is 0.576. The summed E-state index contributed by atoms with van der Waals surface area (Å²) >= 11 is 0. The second-order valence-corrected chi connectivity index (χ2v) is 8.29. The monoisotopic (exact) mass is 302 g/mol. The first-order chi connectivity index (χ1) is 9.96. The molecule has 2 rings (SSSR count). The maximum atomic E-state index is 11.6. The van der Waals surface area contributed by atoms with Gasteiger partial charge in [-0.1, -0.05) is 59.7 Å². The first-order valence-electron chi connectivity index (χ1n) is 7.86.